The highest BCUT2D eigenvalue weighted by atomic mass is 32.2. The minimum Gasteiger partial charge on any atom is -0.444 e. The molecule has 1 aliphatic heterocycles. The molecule has 1 atom stereocenters. The van der Waals surface area contributed by atoms with Gasteiger partial charge in [0.1, 0.15) is 5.60 Å². The first-order valence-corrected chi connectivity index (χ1v) is 8.02. The Morgan fingerprint density at radius 2 is 2.00 bits per heavy atom. The lowest BCUT2D eigenvalue weighted by molar-refractivity contribution is 0.0220. The number of benzene rings is 1. The van der Waals surface area contributed by atoms with E-state index >= 15 is 0 Å². The fourth-order valence-electron chi connectivity index (χ4n) is 2.22. The molecule has 0 saturated carbocycles. The van der Waals surface area contributed by atoms with E-state index in [0.29, 0.717) is 5.25 Å². The zero-order valence-electron chi connectivity index (χ0n) is 12.5. The van der Waals surface area contributed by atoms with Crippen LogP contribution in [-0.2, 0) is 4.74 Å². The van der Waals surface area contributed by atoms with Crippen molar-refractivity contribution in [1.82, 2.24) is 4.90 Å². The van der Waals surface area contributed by atoms with Crippen LogP contribution in [0.4, 0.5) is 4.79 Å². The summed E-state index contributed by atoms with van der Waals surface area (Å²) in [5.41, 5.74) is -0.420. The number of piperidine rings is 1. The van der Waals surface area contributed by atoms with Crippen LogP contribution < -0.4 is 0 Å². The van der Waals surface area contributed by atoms with Crippen molar-refractivity contribution in [2.75, 3.05) is 13.1 Å². The Bertz CT molecular complexity index is 442. The van der Waals surface area contributed by atoms with Crippen molar-refractivity contribution < 1.29 is 9.53 Å². The van der Waals surface area contributed by atoms with Crippen molar-refractivity contribution in [2.24, 2.45) is 0 Å². The molecular weight excluding hydrogens is 270 g/mol. The van der Waals surface area contributed by atoms with Crippen LogP contribution in [0.5, 0.6) is 0 Å². The van der Waals surface area contributed by atoms with E-state index in [4.69, 9.17) is 4.74 Å². The Balaban J connectivity index is 1.90. The van der Waals surface area contributed by atoms with Crippen LogP contribution in [0.3, 0.4) is 0 Å². The molecule has 4 heteroatoms. The van der Waals surface area contributed by atoms with Crippen molar-refractivity contribution in [3.8, 4) is 0 Å². The van der Waals surface area contributed by atoms with Gasteiger partial charge in [-0.05, 0) is 45.7 Å². The van der Waals surface area contributed by atoms with E-state index in [0.717, 1.165) is 25.9 Å². The average Bonchev–Trinajstić information content (AvgIpc) is 2.38. The quantitative estimate of drug-likeness (QED) is 0.819. The summed E-state index contributed by atoms with van der Waals surface area (Å²) in [5, 5.41) is 0.457. The zero-order chi connectivity index (χ0) is 14.6. The molecule has 1 aliphatic rings. The molecule has 1 fully saturated rings. The largest absolute Gasteiger partial charge is 0.444 e. The van der Waals surface area contributed by atoms with Gasteiger partial charge in [0.05, 0.1) is 0 Å². The molecule has 0 spiro atoms. The van der Waals surface area contributed by atoms with E-state index in [9.17, 15) is 4.79 Å². The Hall–Kier alpha value is -1.16. The third kappa shape index (κ3) is 4.75. The maximum absolute atomic E-state index is 12.1. The van der Waals surface area contributed by atoms with Gasteiger partial charge >= 0.3 is 6.09 Å². The van der Waals surface area contributed by atoms with Crippen molar-refractivity contribution in [3.63, 3.8) is 0 Å². The molecule has 110 valence electrons. The number of rotatable bonds is 2. The van der Waals surface area contributed by atoms with Crippen molar-refractivity contribution >= 4 is 17.9 Å². The number of nitrogens with zero attached hydrogens (tertiary/aromatic N) is 1. The second kappa shape index (κ2) is 6.53. The molecule has 1 amide bonds. The second-order valence-electron chi connectivity index (χ2n) is 6.12. The number of hydrogen-bond acceptors (Lipinski definition) is 3. The molecule has 0 aliphatic carbocycles. The van der Waals surface area contributed by atoms with Gasteiger partial charge in [0.25, 0.3) is 0 Å². The van der Waals surface area contributed by atoms with Crippen molar-refractivity contribution in [3.05, 3.63) is 30.3 Å². The highest BCUT2D eigenvalue weighted by Crippen LogP contribution is 2.29. The molecule has 1 saturated heterocycles. The first-order valence-electron chi connectivity index (χ1n) is 7.14. The van der Waals surface area contributed by atoms with Gasteiger partial charge < -0.3 is 9.64 Å². The standard InChI is InChI=1S/C16H23NO2S/c1-16(2,3)19-15(18)17-11-7-10-14(12-17)20-13-8-5-4-6-9-13/h4-6,8-9,14H,7,10-12H2,1-3H3. The van der Waals surface area contributed by atoms with Crippen LogP contribution >= 0.6 is 11.8 Å². The van der Waals surface area contributed by atoms with E-state index in [1.165, 1.54) is 4.90 Å². The van der Waals surface area contributed by atoms with Gasteiger partial charge in [-0.1, -0.05) is 18.2 Å². The van der Waals surface area contributed by atoms with Crippen LogP contribution in [0, 0.1) is 0 Å². The molecule has 3 nitrogen and oxygen atoms in total. The van der Waals surface area contributed by atoms with E-state index < -0.39 is 5.60 Å². The van der Waals surface area contributed by atoms with Gasteiger partial charge in [-0.3, -0.25) is 0 Å². The summed E-state index contributed by atoms with van der Waals surface area (Å²) in [6.07, 6.45) is 2.01. The Labute approximate surface area is 125 Å². The summed E-state index contributed by atoms with van der Waals surface area (Å²) in [4.78, 5) is 15.2. The number of carbonyl (C=O) groups is 1. The minimum atomic E-state index is -0.420. The van der Waals surface area contributed by atoms with Crippen LogP contribution in [-0.4, -0.2) is 34.9 Å². The van der Waals surface area contributed by atoms with E-state index in [-0.39, 0.29) is 6.09 Å². The summed E-state index contributed by atoms with van der Waals surface area (Å²) in [5.74, 6) is 0. The molecule has 0 aromatic heterocycles. The number of carbonyl (C=O) groups excluding carboxylic acids is 1. The highest BCUT2D eigenvalue weighted by molar-refractivity contribution is 8.00. The number of likely N-dealkylation sites (tertiary alicyclic amines) is 1. The summed E-state index contributed by atoms with van der Waals surface area (Å²) >= 11 is 1.85. The van der Waals surface area contributed by atoms with Gasteiger partial charge in [-0.25, -0.2) is 4.79 Å². The smallest absolute Gasteiger partial charge is 0.410 e. The number of thioether (sulfide) groups is 1. The van der Waals surface area contributed by atoms with Crippen LogP contribution in [0.2, 0.25) is 0 Å². The van der Waals surface area contributed by atoms with Gasteiger partial charge in [0.15, 0.2) is 0 Å². The topological polar surface area (TPSA) is 29.5 Å². The molecule has 0 radical (unpaired) electrons. The lowest BCUT2D eigenvalue weighted by Crippen LogP contribution is -2.43. The fourth-order valence-corrected chi connectivity index (χ4v) is 3.46. The first-order chi connectivity index (χ1) is 9.44. The van der Waals surface area contributed by atoms with Crippen LogP contribution in [0.1, 0.15) is 33.6 Å². The normalized spacial score (nSPS) is 19.8. The van der Waals surface area contributed by atoms with Gasteiger partial charge in [0.2, 0.25) is 0 Å². The number of hydrogen-bond donors (Lipinski definition) is 0. The molecular formula is C16H23NO2S. The van der Waals surface area contributed by atoms with Crippen molar-refractivity contribution in [1.29, 1.82) is 0 Å². The summed E-state index contributed by atoms with van der Waals surface area (Å²) in [7, 11) is 0. The molecule has 0 N–H and O–H groups in total. The van der Waals surface area contributed by atoms with Gasteiger partial charge in [0, 0.05) is 23.2 Å². The Morgan fingerprint density at radius 1 is 1.30 bits per heavy atom. The first kappa shape index (κ1) is 15.2. The fraction of sp³-hybridized carbons (Fsp3) is 0.562. The predicted molar refractivity (Wildman–Crippen MR) is 83.1 cm³/mol. The van der Waals surface area contributed by atoms with Gasteiger partial charge in [-0.2, -0.15) is 0 Å². The molecule has 20 heavy (non-hydrogen) atoms. The Kier molecular flexibility index (Phi) is 4.97. The summed E-state index contributed by atoms with van der Waals surface area (Å²) in [6, 6.07) is 10.4. The average molecular weight is 293 g/mol. The van der Waals surface area contributed by atoms with Crippen LogP contribution in [0.25, 0.3) is 0 Å². The van der Waals surface area contributed by atoms with Gasteiger partial charge in [-0.15, -0.1) is 11.8 Å². The molecule has 1 aromatic rings. The molecule has 2 rings (SSSR count). The molecule has 1 aromatic carbocycles. The predicted octanol–water partition coefficient (Wildman–Crippen LogP) is 4.18. The zero-order valence-corrected chi connectivity index (χ0v) is 13.3. The molecule has 0 bridgehead atoms. The highest BCUT2D eigenvalue weighted by Gasteiger charge is 2.27. The number of ether oxygens (including phenoxy) is 1. The van der Waals surface area contributed by atoms with Crippen molar-refractivity contribution in [2.45, 2.75) is 49.4 Å². The lowest BCUT2D eigenvalue weighted by Gasteiger charge is -2.33. The second-order valence-corrected chi connectivity index (χ2v) is 7.50. The minimum absolute atomic E-state index is 0.184. The third-order valence-electron chi connectivity index (χ3n) is 3.08. The number of amides is 1. The van der Waals surface area contributed by atoms with Crippen LogP contribution in [0.15, 0.2) is 35.2 Å². The third-order valence-corrected chi connectivity index (χ3v) is 4.34. The lowest BCUT2D eigenvalue weighted by atomic mass is 10.1. The maximum atomic E-state index is 12.1. The monoisotopic (exact) mass is 293 g/mol. The maximum Gasteiger partial charge on any atom is 0.410 e. The SMILES string of the molecule is CC(C)(C)OC(=O)N1CCCC(Sc2ccccc2)C1. The van der Waals surface area contributed by atoms with E-state index in [1.807, 2.05) is 43.5 Å². The Morgan fingerprint density at radius 3 is 2.65 bits per heavy atom. The summed E-state index contributed by atoms with van der Waals surface area (Å²) < 4.78 is 5.45. The van der Waals surface area contributed by atoms with E-state index in [1.54, 1.807) is 0 Å². The molecule has 1 heterocycles. The molecule has 1 unspecified atom stereocenters. The van der Waals surface area contributed by atoms with E-state index in [2.05, 4.69) is 24.3 Å². The summed E-state index contributed by atoms with van der Waals surface area (Å²) in [6.45, 7) is 7.30.